The second-order valence-electron chi connectivity index (χ2n) is 12.4. The fraction of sp³-hybridized carbons (Fsp3) is 0.452. The number of piperidine rings is 1. The number of ether oxygens (including phenoxy) is 1. The van der Waals surface area contributed by atoms with Crippen molar-refractivity contribution < 1.29 is 28.1 Å². The first kappa shape index (κ1) is 28.4. The maximum atomic E-state index is 16.6. The number of pyridine rings is 1. The summed E-state index contributed by atoms with van der Waals surface area (Å²) in [6, 6.07) is 5.25. The number of aromatic hydroxyl groups is 1. The lowest BCUT2D eigenvalue weighted by atomic mass is 9.95. The van der Waals surface area contributed by atoms with E-state index in [1.165, 1.54) is 30.5 Å². The van der Waals surface area contributed by atoms with Crippen molar-refractivity contribution in [2.75, 3.05) is 37.7 Å². The van der Waals surface area contributed by atoms with Crippen LogP contribution in [0, 0.1) is 11.6 Å². The van der Waals surface area contributed by atoms with Gasteiger partial charge in [0.15, 0.2) is 5.82 Å². The molecule has 3 aliphatic heterocycles. The summed E-state index contributed by atoms with van der Waals surface area (Å²) in [4.78, 5) is 17.5. The van der Waals surface area contributed by atoms with Crippen LogP contribution in [0.1, 0.15) is 39.0 Å². The largest absolute Gasteiger partial charge is 0.508 e. The van der Waals surface area contributed by atoms with Crippen LogP contribution in [-0.4, -0.2) is 80.2 Å². The lowest BCUT2D eigenvalue weighted by Crippen LogP contribution is -2.46. The average Bonchev–Trinajstić information content (AvgIpc) is 3.48. The first-order valence-corrected chi connectivity index (χ1v) is 14.9. The number of fused-ring (bicyclic) bond motifs is 3. The standard InChI is InChI=1S/C31H31ClF3N5O3/c1-30(42)6-2-8-39(15-30)28-21-13-36-26(20-11-19(41)10-17-4-5-22(34)24(32)23(17)20)25(35)27(21)37-29(38-28)43-16-31-7-3-9-40(31)14-18(33)12-31/h4-5,10-11,13,18,41-42H,2-3,6-9,12,14-16H2,1H3/t18-,30?,31+/m1/s1. The Morgan fingerprint density at radius 2 is 1.95 bits per heavy atom. The Balaban J connectivity index is 1.37. The van der Waals surface area contributed by atoms with Gasteiger partial charge >= 0.3 is 6.01 Å². The minimum atomic E-state index is -0.979. The lowest BCUT2D eigenvalue weighted by molar-refractivity contribution is 0.0447. The topological polar surface area (TPSA) is 94.8 Å². The molecule has 4 aromatic rings. The fourth-order valence-electron chi connectivity index (χ4n) is 7.13. The molecule has 0 aliphatic carbocycles. The Bertz CT molecular complexity index is 1760. The normalized spacial score (nSPS) is 26.0. The second kappa shape index (κ2) is 10.3. The Kier molecular flexibility index (Phi) is 6.83. The average molecular weight is 614 g/mol. The number of aliphatic hydroxyl groups is 1. The van der Waals surface area contributed by atoms with Gasteiger partial charge in [-0.05, 0) is 62.7 Å². The maximum absolute atomic E-state index is 16.6. The maximum Gasteiger partial charge on any atom is 0.319 e. The Morgan fingerprint density at radius 3 is 2.77 bits per heavy atom. The number of phenolic OH excluding ortho intramolecular Hbond substituents is 1. The molecule has 3 saturated heterocycles. The van der Waals surface area contributed by atoms with Gasteiger partial charge in [0.1, 0.15) is 41.4 Å². The molecular weight excluding hydrogens is 583 g/mol. The zero-order valence-electron chi connectivity index (χ0n) is 23.6. The molecule has 0 amide bonds. The molecular formula is C31H31ClF3N5O3. The number of benzene rings is 2. The summed E-state index contributed by atoms with van der Waals surface area (Å²) in [5.41, 5.74) is -1.61. The van der Waals surface area contributed by atoms with Crippen molar-refractivity contribution in [2.45, 2.75) is 56.3 Å². The second-order valence-corrected chi connectivity index (χ2v) is 12.7. The summed E-state index contributed by atoms with van der Waals surface area (Å²) in [5, 5.41) is 21.9. The number of nitrogens with zero attached hydrogens (tertiary/aromatic N) is 5. The molecule has 226 valence electrons. The van der Waals surface area contributed by atoms with Crippen LogP contribution in [0.4, 0.5) is 19.0 Å². The van der Waals surface area contributed by atoms with Crippen LogP contribution >= 0.6 is 11.6 Å². The highest BCUT2D eigenvalue weighted by Crippen LogP contribution is 2.42. The smallest absolute Gasteiger partial charge is 0.319 e. The molecule has 3 atom stereocenters. The molecule has 2 aromatic carbocycles. The third kappa shape index (κ3) is 4.91. The molecule has 0 saturated carbocycles. The Hall–Kier alpha value is -3.41. The predicted octanol–water partition coefficient (Wildman–Crippen LogP) is 5.79. The minimum absolute atomic E-state index is 0.0721. The van der Waals surface area contributed by atoms with Gasteiger partial charge in [-0.25, -0.2) is 13.2 Å². The van der Waals surface area contributed by atoms with E-state index in [9.17, 15) is 19.0 Å². The zero-order chi connectivity index (χ0) is 30.1. The monoisotopic (exact) mass is 613 g/mol. The number of phenols is 1. The number of anilines is 1. The molecule has 3 aliphatic rings. The number of hydrogen-bond acceptors (Lipinski definition) is 8. The predicted molar refractivity (Wildman–Crippen MR) is 157 cm³/mol. The van der Waals surface area contributed by atoms with Gasteiger partial charge < -0.3 is 19.8 Å². The molecule has 12 heteroatoms. The third-order valence-corrected chi connectivity index (χ3v) is 9.47. The van der Waals surface area contributed by atoms with Gasteiger partial charge in [-0.3, -0.25) is 9.88 Å². The highest BCUT2D eigenvalue weighted by atomic mass is 35.5. The van der Waals surface area contributed by atoms with E-state index in [-0.39, 0.29) is 52.1 Å². The van der Waals surface area contributed by atoms with E-state index in [1.54, 1.807) is 6.92 Å². The van der Waals surface area contributed by atoms with Crippen molar-refractivity contribution >= 4 is 39.1 Å². The number of rotatable bonds is 5. The molecule has 1 unspecified atom stereocenters. The summed E-state index contributed by atoms with van der Waals surface area (Å²) in [5.74, 6) is -1.33. The molecule has 8 nitrogen and oxygen atoms in total. The van der Waals surface area contributed by atoms with Gasteiger partial charge in [0.05, 0.1) is 21.5 Å². The molecule has 0 radical (unpaired) electrons. The molecule has 5 heterocycles. The lowest BCUT2D eigenvalue weighted by Gasteiger charge is -2.38. The van der Waals surface area contributed by atoms with Gasteiger partial charge in [-0.15, -0.1) is 0 Å². The summed E-state index contributed by atoms with van der Waals surface area (Å²) in [7, 11) is 0. The van der Waals surface area contributed by atoms with Gasteiger partial charge in [-0.2, -0.15) is 9.97 Å². The van der Waals surface area contributed by atoms with E-state index >= 15 is 4.39 Å². The quantitative estimate of drug-likeness (QED) is 0.292. The van der Waals surface area contributed by atoms with Crippen LogP contribution in [0.15, 0.2) is 30.5 Å². The number of hydrogen-bond donors (Lipinski definition) is 2. The van der Waals surface area contributed by atoms with E-state index in [1.807, 2.05) is 4.90 Å². The van der Waals surface area contributed by atoms with E-state index < -0.39 is 28.9 Å². The number of alkyl halides is 1. The molecule has 43 heavy (non-hydrogen) atoms. The van der Waals surface area contributed by atoms with Crippen molar-refractivity contribution in [3.8, 4) is 23.0 Å². The SMILES string of the molecule is CC1(O)CCCN(c2nc(OC[C@@]34CCCN3C[C@H](F)C4)nc3c(F)c(-c4cc(O)cc5ccc(F)c(Cl)c45)ncc23)C1. The van der Waals surface area contributed by atoms with E-state index in [4.69, 9.17) is 16.3 Å². The van der Waals surface area contributed by atoms with Gasteiger partial charge in [-0.1, -0.05) is 17.7 Å². The molecule has 2 N–H and O–H groups in total. The molecule has 0 spiro atoms. The van der Waals surface area contributed by atoms with Crippen molar-refractivity contribution in [2.24, 2.45) is 0 Å². The van der Waals surface area contributed by atoms with Crippen LogP contribution in [0.25, 0.3) is 32.9 Å². The van der Waals surface area contributed by atoms with Crippen LogP contribution in [0.5, 0.6) is 11.8 Å². The number of aromatic nitrogens is 3. The van der Waals surface area contributed by atoms with Crippen molar-refractivity contribution in [3.05, 3.63) is 47.1 Å². The zero-order valence-corrected chi connectivity index (χ0v) is 24.3. The van der Waals surface area contributed by atoms with E-state index in [0.717, 1.165) is 19.4 Å². The third-order valence-electron chi connectivity index (χ3n) is 9.10. The molecule has 7 rings (SSSR count). The summed E-state index contributed by atoms with van der Waals surface area (Å²) in [6.45, 7) is 3.88. The van der Waals surface area contributed by atoms with Crippen LogP contribution < -0.4 is 9.64 Å². The van der Waals surface area contributed by atoms with E-state index in [0.29, 0.717) is 48.9 Å². The van der Waals surface area contributed by atoms with Crippen LogP contribution in [0.2, 0.25) is 5.02 Å². The van der Waals surface area contributed by atoms with Crippen molar-refractivity contribution in [1.82, 2.24) is 19.9 Å². The fourth-order valence-corrected chi connectivity index (χ4v) is 7.40. The van der Waals surface area contributed by atoms with Gasteiger partial charge in [0.2, 0.25) is 0 Å². The highest BCUT2D eigenvalue weighted by Gasteiger charge is 2.49. The van der Waals surface area contributed by atoms with Crippen LogP contribution in [-0.2, 0) is 0 Å². The Morgan fingerprint density at radius 1 is 1.14 bits per heavy atom. The van der Waals surface area contributed by atoms with Gasteiger partial charge in [0.25, 0.3) is 0 Å². The first-order valence-electron chi connectivity index (χ1n) is 14.5. The summed E-state index contributed by atoms with van der Waals surface area (Å²) in [6.07, 6.45) is 3.87. The van der Waals surface area contributed by atoms with Gasteiger partial charge in [0, 0.05) is 43.2 Å². The van der Waals surface area contributed by atoms with Crippen molar-refractivity contribution in [3.63, 3.8) is 0 Å². The summed E-state index contributed by atoms with van der Waals surface area (Å²) >= 11 is 6.33. The van der Waals surface area contributed by atoms with E-state index in [2.05, 4.69) is 19.9 Å². The van der Waals surface area contributed by atoms with Crippen LogP contribution in [0.3, 0.4) is 0 Å². The molecule has 2 aromatic heterocycles. The first-order chi connectivity index (χ1) is 20.5. The highest BCUT2D eigenvalue weighted by molar-refractivity contribution is 6.37. The molecule has 3 fully saturated rings. The number of β-amino-alcohol motifs (C(OH)–C–C–N with tert-alkyl or cyclic N) is 1. The number of halogens is 4. The molecule has 0 bridgehead atoms. The Labute approximate surface area is 251 Å². The minimum Gasteiger partial charge on any atom is -0.508 e. The van der Waals surface area contributed by atoms with Crippen molar-refractivity contribution in [1.29, 1.82) is 0 Å². The summed E-state index contributed by atoms with van der Waals surface area (Å²) < 4.78 is 51.6.